The maximum Gasteiger partial charge on any atom is 0.453 e. The number of hydrogen-bond donors (Lipinski definition) is 2. The van der Waals surface area contributed by atoms with Crippen LogP contribution in [0.4, 0.5) is 33.3 Å². The van der Waals surface area contributed by atoms with Crippen molar-refractivity contribution in [1.29, 1.82) is 0 Å². The minimum Gasteiger partial charge on any atom is -0.494 e. The zero-order valence-electron chi connectivity index (χ0n) is 24.8. The minimum absolute atomic E-state index is 0.0271. The number of ether oxygens (including phenoxy) is 5. The minimum atomic E-state index is -5.61. The number of anilines is 2. The van der Waals surface area contributed by atoms with Crippen molar-refractivity contribution < 1.29 is 60.0 Å². The van der Waals surface area contributed by atoms with Gasteiger partial charge in [-0.05, 0) is 72.7 Å². The number of hydrogen-bond acceptors (Lipinski definition) is 10. The summed E-state index contributed by atoms with van der Waals surface area (Å²) in [5.74, 6) is -6.34. The fourth-order valence-electron chi connectivity index (χ4n) is 3.71. The van der Waals surface area contributed by atoms with Crippen molar-refractivity contribution in [3.63, 3.8) is 0 Å². The SMILES string of the molecule is Nc1cc(N)cc(C(=O)OCCOCCOC(=O)/C=C/c2ccc(OC(=O)c3ccc(OCCCC(F)(F)C(F)(F)F)cc3)cc2)c1. The summed E-state index contributed by atoms with van der Waals surface area (Å²) in [6.07, 6.45) is -4.85. The molecule has 0 aromatic heterocycles. The molecule has 15 heteroatoms. The van der Waals surface area contributed by atoms with Crippen LogP contribution in [0.25, 0.3) is 6.08 Å². The van der Waals surface area contributed by atoms with E-state index in [1.165, 1.54) is 66.7 Å². The molecule has 3 rings (SSSR count). The van der Waals surface area contributed by atoms with Gasteiger partial charge in [0.15, 0.2) is 0 Å². The highest BCUT2D eigenvalue weighted by molar-refractivity contribution is 5.92. The van der Waals surface area contributed by atoms with Crippen molar-refractivity contribution in [1.82, 2.24) is 0 Å². The lowest BCUT2D eigenvalue weighted by Gasteiger charge is -2.19. The molecule has 0 unspecified atom stereocenters. The van der Waals surface area contributed by atoms with Crippen LogP contribution in [0.3, 0.4) is 0 Å². The fourth-order valence-corrected chi connectivity index (χ4v) is 3.71. The molecule has 0 radical (unpaired) electrons. The second-order valence-electron chi connectivity index (χ2n) is 9.77. The molecule has 4 N–H and O–H groups in total. The summed E-state index contributed by atoms with van der Waals surface area (Å²) in [4.78, 5) is 36.4. The van der Waals surface area contributed by atoms with Crippen LogP contribution in [-0.2, 0) is 19.0 Å². The molecule has 0 saturated carbocycles. The average Bonchev–Trinajstić information content (AvgIpc) is 3.01. The maximum atomic E-state index is 12.9. The zero-order chi connectivity index (χ0) is 34.5. The summed E-state index contributed by atoms with van der Waals surface area (Å²) in [6.45, 7) is -0.278. The van der Waals surface area contributed by atoms with E-state index in [-0.39, 0.29) is 55.7 Å². The van der Waals surface area contributed by atoms with Crippen LogP contribution in [0.2, 0.25) is 0 Å². The Morgan fingerprint density at radius 3 is 1.89 bits per heavy atom. The van der Waals surface area contributed by atoms with Gasteiger partial charge in [-0.25, -0.2) is 14.4 Å². The summed E-state index contributed by atoms with van der Waals surface area (Å²) >= 11 is 0. The Balaban J connectivity index is 1.31. The van der Waals surface area contributed by atoms with E-state index in [1.54, 1.807) is 12.1 Å². The number of nitrogen functional groups attached to an aromatic ring is 2. The predicted octanol–water partition coefficient (Wildman–Crippen LogP) is 5.86. The zero-order valence-corrected chi connectivity index (χ0v) is 24.8. The molecule has 0 atom stereocenters. The van der Waals surface area contributed by atoms with Crippen LogP contribution in [0.5, 0.6) is 11.5 Å². The van der Waals surface area contributed by atoms with E-state index < -0.39 is 42.8 Å². The molecule has 0 spiro atoms. The van der Waals surface area contributed by atoms with Gasteiger partial charge in [-0.3, -0.25) is 0 Å². The summed E-state index contributed by atoms with van der Waals surface area (Å²) in [5, 5.41) is 0. The topological polar surface area (TPSA) is 149 Å². The normalized spacial score (nSPS) is 11.7. The average molecular weight is 667 g/mol. The second kappa shape index (κ2) is 16.9. The first kappa shape index (κ1) is 36.3. The van der Waals surface area contributed by atoms with Crippen molar-refractivity contribution in [2.75, 3.05) is 44.5 Å². The molecular formula is C32H31F5N2O8. The van der Waals surface area contributed by atoms with Gasteiger partial charge in [-0.2, -0.15) is 22.0 Å². The van der Waals surface area contributed by atoms with E-state index in [9.17, 15) is 36.3 Å². The molecule has 10 nitrogen and oxygen atoms in total. The molecular weight excluding hydrogens is 635 g/mol. The predicted molar refractivity (Wildman–Crippen MR) is 160 cm³/mol. The van der Waals surface area contributed by atoms with Crippen LogP contribution in [0.15, 0.2) is 72.8 Å². The highest BCUT2D eigenvalue weighted by atomic mass is 19.4. The van der Waals surface area contributed by atoms with Crippen molar-refractivity contribution in [2.24, 2.45) is 0 Å². The van der Waals surface area contributed by atoms with Gasteiger partial charge in [0.25, 0.3) is 0 Å². The molecule has 3 aromatic rings. The lowest BCUT2D eigenvalue weighted by Crippen LogP contribution is -2.36. The molecule has 0 aliphatic rings. The summed E-state index contributed by atoms with van der Waals surface area (Å²) in [7, 11) is 0. The second-order valence-corrected chi connectivity index (χ2v) is 9.77. The van der Waals surface area contributed by atoms with Gasteiger partial charge in [0.2, 0.25) is 0 Å². The van der Waals surface area contributed by atoms with E-state index in [4.69, 9.17) is 35.2 Å². The molecule has 0 aliphatic carbocycles. The Bertz CT molecular complexity index is 1510. The molecule has 0 fully saturated rings. The molecule has 0 saturated heterocycles. The number of rotatable bonds is 16. The number of carbonyl (C=O) groups excluding carboxylic acids is 3. The number of esters is 3. The fraction of sp³-hybridized carbons (Fsp3) is 0.281. The molecule has 0 heterocycles. The number of alkyl halides is 5. The van der Waals surface area contributed by atoms with Gasteiger partial charge in [0, 0.05) is 23.9 Å². The van der Waals surface area contributed by atoms with Gasteiger partial charge in [-0.1, -0.05) is 12.1 Å². The van der Waals surface area contributed by atoms with Crippen LogP contribution < -0.4 is 20.9 Å². The quantitative estimate of drug-likeness (QED) is 0.0476. The van der Waals surface area contributed by atoms with Crippen LogP contribution in [0.1, 0.15) is 39.1 Å². The van der Waals surface area contributed by atoms with Crippen molar-refractivity contribution in [2.45, 2.75) is 24.9 Å². The Kier molecular flexibility index (Phi) is 13.1. The Labute approximate surface area is 266 Å². The van der Waals surface area contributed by atoms with Gasteiger partial charge in [0.1, 0.15) is 24.7 Å². The third-order valence-electron chi connectivity index (χ3n) is 6.06. The molecule has 0 bridgehead atoms. The van der Waals surface area contributed by atoms with Crippen molar-refractivity contribution >= 4 is 35.4 Å². The van der Waals surface area contributed by atoms with Gasteiger partial charge in [-0.15, -0.1) is 0 Å². The van der Waals surface area contributed by atoms with Crippen LogP contribution in [-0.4, -0.2) is 63.0 Å². The summed E-state index contributed by atoms with van der Waals surface area (Å²) in [5.41, 5.74) is 12.9. The maximum absolute atomic E-state index is 12.9. The van der Waals surface area contributed by atoms with E-state index in [0.29, 0.717) is 16.9 Å². The van der Waals surface area contributed by atoms with Crippen LogP contribution in [0, 0.1) is 0 Å². The van der Waals surface area contributed by atoms with E-state index in [2.05, 4.69) is 0 Å². The van der Waals surface area contributed by atoms with Crippen LogP contribution >= 0.6 is 0 Å². The third kappa shape index (κ3) is 12.3. The number of benzene rings is 3. The Hall–Kier alpha value is -5.18. The first-order chi connectivity index (χ1) is 22.2. The van der Waals surface area contributed by atoms with Crippen molar-refractivity contribution in [3.8, 4) is 11.5 Å². The third-order valence-corrected chi connectivity index (χ3v) is 6.06. The van der Waals surface area contributed by atoms with E-state index >= 15 is 0 Å². The monoisotopic (exact) mass is 666 g/mol. The number of nitrogens with two attached hydrogens (primary N) is 2. The van der Waals surface area contributed by atoms with Gasteiger partial charge < -0.3 is 35.2 Å². The first-order valence-corrected chi connectivity index (χ1v) is 14.0. The Morgan fingerprint density at radius 2 is 1.28 bits per heavy atom. The van der Waals surface area contributed by atoms with E-state index in [0.717, 1.165) is 0 Å². The highest BCUT2D eigenvalue weighted by Crippen LogP contribution is 2.38. The molecule has 47 heavy (non-hydrogen) atoms. The number of halogens is 5. The highest BCUT2D eigenvalue weighted by Gasteiger charge is 2.56. The summed E-state index contributed by atoms with van der Waals surface area (Å²) < 4.78 is 88.3. The lowest BCUT2D eigenvalue weighted by atomic mass is 10.2. The first-order valence-electron chi connectivity index (χ1n) is 14.0. The molecule has 0 amide bonds. The Morgan fingerprint density at radius 1 is 0.681 bits per heavy atom. The largest absolute Gasteiger partial charge is 0.494 e. The van der Waals surface area contributed by atoms with Crippen molar-refractivity contribution in [3.05, 3.63) is 89.5 Å². The van der Waals surface area contributed by atoms with E-state index in [1.807, 2.05) is 0 Å². The standard InChI is InChI=1S/C32H31F5N2O8/c33-31(34,32(35,36)37)12-1-13-44-26-9-5-22(6-10-26)30(42)47-27-7-2-21(3-8-27)4-11-28(40)45-16-14-43-15-17-46-29(41)23-18-24(38)20-25(39)19-23/h2-11,18-20H,1,12-17,38-39H2/b11-4+. The molecule has 3 aromatic carbocycles. The molecule has 252 valence electrons. The lowest BCUT2D eigenvalue weighted by molar-refractivity contribution is -0.284. The molecule has 0 aliphatic heterocycles. The van der Waals surface area contributed by atoms with Gasteiger partial charge >= 0.3 is 30.0 Å². The number of carbonyl (C=O) groups is 3. The van der Waals surface area contributed by atoms with Gasteiger partial charge in [0.05, 0.1) is 30.9 Å². The summed E-state index contributed by atoms with van der Waals surface area (Å²) in [6, 6.07) is 16.0. The smallest absolute Gasteiger partial charge is 0.453 e.